The maximum Gasteiger partial charge on any atom is 0.222 e. The number of ether oxygens (including phenoxy) is 3. The minimum Gasteiger partial charge on any atom is -0.379 e. The first-order valence-electron chi connectivity index (χ1n) is 9.40. The molecule has 0 aromatic heterocycles. The van der Waals surface area contributed by atoms with Crippen molar-refractivity contribution in [3.8, 4) is 0 Å². The molecule has 0 aromatic rings. The third-order valence-corrected chi connectivity index (χ3v) is 3.37. The topological polar surface area (TPSA) is 68.8 Å². The molecule has 0 spiro atoms. The molecule has 0 saturated carbocycles. The quantitative estimate of drug-likeness (QED) is 0.372. The zero-order chi connectivity index (χ0) is 17.9. The number of carbonyl (C=O) groups excluding carboxylic acids is 1. The van der Waals surface area contributed by atoms with Crippen molar-refractivity contribution in [3.63, 3.8) is 0 Å². The van der Waals surface area contributed by atoms with Crippen molar-refractivity contribution in [3.05, 3.63) is 0 Å². The van der Waals surface area contributed by atoms with E-state index in [9.17, 15) is 4.79 Å². The fraction of sp³-hybridized carbons (Fsp3) is 0.944. The lowest BCUT2D eigenvalue weighted by molar-refractivity contribution is -0.122. The van der Waals surface area contributed by atoms with E-state index in [1.54, 1.807) is 0 Å². The van der Waals surface area contributed by atoms with E-state index < -0.39 is 0 Å². The molecule has 0 rings (SSSR count). The monoisotopic (exact) mass is 346 g/mol. The van der Waals surface area contributed by atoms with Crippen molar-refractivity contribution in [1.29, 1.82) is 0 Å². The van der Waals surface area contributed by atoms with Crippen LogP contribution in [-0.2, 0) is 19.0 Å². The van der Waals surface area contributed by atoms with Gasteiger partial charge in [-0.3, -0.25) is 4.79 Å². The van der Waals surface area contributed by atoms with Gasteiger partial charge in [-0.15, -0.1) is 0 Å². The molecule has 0 fully saturated rings. The number of nitrogens with one attached hydrogen (secondary N) is 2. The molecule has 0 heterocycles. The predicted molar refractivity (Wildman–Crippen MR) is 97.4 cm³/mol. The van der Waals surface area contributed by atoms with E-state index in [1.165, 1.54) is 19.3 Å². The molecule has 0 aliphatic heterocycles. The van der Waals surface area contributed by atoms with Gasteiger partial charge in [-0.05, 0) is 6.42 Å². The van der Waals surface area contributed by atoms with Gasteiger partial charge in [0.1, 0.15) is 0 Å². The second-order valence-electron chi connectivity index (χ2n) is 6.11. The van der Waals surface area contributed by atoms with Crippen LogP contribution >= 0.6 is 0 Å². The van der Waals surface area contributed by atoms with Gasteiger partial charge in [-0.25, -0.2) is 0 Å². The zero-order valence-corrected chi connectivity index (χ0v) is 15.9. The van der Waals surface area contributed by atoms with Gasteiger partial charge in [0, 0.05) is 25.6 Å². The van der Waals surface area contributed by atoms with E-state index in [0.717, 1.165) is 19.5 Å². The minimum atomic E-state index is 0.0656. The molecule has 0 atom stereocenters. The Bertz CT molecular complexity index is 276. The van der Waals surface area contributed by atoms with E-state index in [1.807, 2.05) is 0 Å². The van der Waals surface area contributed by atoms with Crippen molar-refractivity contribution < 1.29 is 19.0 Å². The van der Waals surface area contributed by atoms with Crippen molar-refractivity contribution in [2.75, 3.05) is 52.7 Å². The first-order valence-corrected chi connectivity index (χ1v) is 9.40. The highest BCUT2D eigenvalue weighted by Crippen LogP contribution is 1.97. The molecule has 0 unspecified atom stereocenters. The molecule has 0 aliphatic rings. The summed E-state index contributed by atoms with van der Waals surface area (Å²) in [6.45, 7) is 11.4. The van der Waals surface area contributed by atoms with Crippen LogP contribution in [-0.4, -0.2) is 64.7 Å². The zero-order valence-electron chi connectivity index (χ0n) is 15.9. The fourth-order valence-electron chi connectivity index (χ4n) is 1.99. The first-order chi connectivity index (χ1) is 11.7. The molecule has 1 amide bonds. The molecule has 2 N–H and O–H groups in total. The highest BCUT2D eigenvalue weighted by molar-refractivity contribution is 5.75. The summed E-state index contributed by atoms with van der Waals surface area (Å²) in [6.07, 6.45) is 5.11. The molecule has 0 radical (unpaired) electrons. The Morgan fingerprint density at radius 2 is 1.46 bits per heavy atom. The maximum absolute atomic E-state index is 11.5. The van der Waals surface area contributed by atoms with Crippen molar-refractivity contribution >= 4 is 5.91 Å². The lowest BCUT2D eigenvalue weighted by atomic mass is 10.2. The maximum atomic E-state index is 11.5. The highest BCUT2D eigenvalue weighted by Gasteiger charge is 2.00. The van der Waals surface area contributed by atoms with Gasteiger partial charge in [-0.1, -0.05) is 40.0 Å². The molecule has 24 heavy (non-hydrogen) atoms. The van der Waals surface area contributed by atoms with Crippen LogP contribution in [0, 0.1) is 0 Å². The Balaban J connectivity index is 3.12. The Morgan fingerprint density at radius 3 is 2.08 bits per heavy atom. The van der Waals surface area contributed by atoms with E-state index in [-0.39, 0.29) is 5.91 Å². The van der Waals surface area contributed by atoms with Crippen LogP contribution in [0.15, 0.2) is 0 Å². The van der Waals surface area contributed by atoms with E-state index in [4.69, 9.17) is 14.2 Å². The van der Waals surface area contributed by atoms with Crippen LogP contribution in [0.2, 0.25) is 0 Å². The number of unbranched alkanes of at least 4 members (excludes halogenated alkanes) is 3. The van der Waals surface area contributed by atoms with Gasteiger partial charge in [-0.2, -0.15) is 0 Å². The molecule has 0 bridgehead atoms. The lowest BCUT2D eigenvalue weighted by Gasteiger charge is -2.09. The SMILES string of the molecule is CCCCCCNC(=O)CCOCCOCCOCCNC(C)C. The van der Waals surface area contributed by atoms with Crippen LogP contribution in [0.1, 0.15) is 52.9 Å². The van der Waals surface area contributed by atoms with Gasteiger partial charge in [0.05, 0.1) is 39.6 Å². The van der Waals surface area contributed by atoms with Gasteiger partial charge >= 0.3 is 0 Å². The Morgan fingerprint density at radius 1 is 0.833 bits per heavy atom. The number of hydrogen-bond acceptors (Lipinski definition) is 5. The standard InChI is InChI=1S/C18H38N2O4/c1-4-5-6-7-9-20-18(21)8-11-22-13-15-24-16-14-23-12-10-19-17(2)3/h17,19H,4-16H2,1-3H3,(H,20,21). The van der Waals surface area contributed by atoms with Crippen LogP contribution in [0.5, 0.6) is 0 Å². The summed E-state index contributed by atoms with van der Waals surface area (Å²) in [6, 6.07) is 0.491. The molecule has 0 saturated heterocycles. The largest absolute Gasteiger partial charge is 0.379 e. The Labute approximate surface area is 148 Å². The molecule has 0 aliphatic carbocycles. The second-order valence-corrected chi connectivity index (χ2v) is 6.11. The molecule has 6 nitrogen and oxygen atoms in total. The number of rotatable bonds is 18. The highest BCUT2D eigenvalue weighted by atomic mass is 16.5. The van der Waals surface area contributed by atoms with Crippen molar-refractivity contribution in [1.82, 2.24) is 10.6 Å². The summed E-state index contributed by atoms with van der Waals surface area (Å²) in [5.41, 5.74) is 0. The predicted octanol–water partition coefficient (Wildman–Crippen LogP) is 2.12. The summed E-state index contributed by atoms with van der Waals surface area (Å²) in [5.74, 6) is 0.0656. The summed E-state index contributed by atoms with van der Waals surface area (Å²) in [7, 11) is 0. The van der Waals surface area contributed by atoms with Crippen molar-refractivity contribution in [2.45, 2.75) is 58.9 Å². The Hall–Kier alpha value is -0.690. The van der Waals surface area contributed by atoms with Gasteiger partial charge in [0.15, 0.2) is 0 Å². The summed E-state index contributed by atoms with van der Waals surface area (Å²) >= 11 is 0. The Kier molecular flexibility index (Phi) is 18.1. The number of hydrogen-bond donors (Lipinski definition) is 2. The summed E-state index contributed by atoms with van der Waals surface area (Å²) in [5, 5.41) is 6.19. The molecular weight excluding hydrogens is 308 g/mol. The van der Waals surface area contributed by atoms with Crippen molar-refractivity contribution in [2.24, 2.45) is 0 Å². The third-order valence-electron chi connectivity index (χ3n) is 3.37. The minimum absolute atomic E-state index is 0.0656. The van der Waals surface area contributed by atoms with E-state index in [2.05, 4.69) is 31.4 Å². The first kappa shape index (κ1) is 23.3. The number of carbonyl (C=O) groups is 1. The van der Waals surface area contributed by atoms with Crippen LogP contribution < -0.4 is 10.6 Å². The van der Waals surface area contributed by atoms with Crippen LogP contribution in [0.4, 0.5) is 0 Å². The second kappa shape index (κ2) is 18.6. The summed E-state index contributed by atoms with van der Waals surface area (Å²) in [4.78, 5) is 11.5. The van der Waals surface area contributed by atoms with Gasteiger partial charge in [0.2, 0.25) is 5.91 Å². The van der Waals surface area contributed by atoms with E-state index >= 15 is 0 Å². The van der Waals surface area contributed by atoms with Gasteiger partial charge in [0.25, 0.3) is 0 Å². The molecule has 144 valence electrons. The third kappa shape index (κ3) is 19.4. The molecule has 6 heteroatoms. The average molecular weight is 347 g/mol. The molecular formula is C18H38N2O4. The molecule has 0 aromatic carbocycles. The van der Waals surface area contributed by atoms with Crippen LogP contribution in [0.25, 0.3) is 0 Å². The average Bonchev–Trinajstić information content (AvgIpc) is 2.55. The number of amides is 1. The lowest BCUT2D eigenvalue weighted by Crippen LogP contribution is -2.27. The summed E-state index contributed by atoms with van der Waals surface area (Å²) < 4.78 is 16.2. The fourth-order valence-corrected chi connectivity index (χ4v) is 1.99. The van der Waals surface area contributed by atoms with E-state index in [0.29, 0.717) is 52.1 Å². The van der Waals surface area contributed by atoms with Crippen LogP contribution in [0.3, 0.4) is 0 Å². The van der Waals surface area contributed by atoms with Gasteiger partial charge < -0.3 is 24.8 Å². The normalized spacial score (nSPS) is 11.2. The smallest absolute Gasteiger partial charge is 0.222 e.